The standard InChI is InChI=1S/C15H24N2O4/c1-5-12-14(10(4)21-17-12)15(20)16-8-11(6-9(2)3)7-13(18)19/h9,11H,5-8H2,1-4H3,(H,16,20)(H,18,19)/t11-/m0/s1. The molecule has 0 aliphatic heterocycles. The predicted molar refractivity (Wildman–Crippen MR) is 78.1 cm³/mol. The summed E-state index contributed by atoms with van der Waals surface area (Å²) in [6.45, 7) is 8.02. The van der Waals surface area contributed by atoms with Crippen LogP contribution in [0.3, 0.4) is 0 Å². The van der Waals surface area contributed by atoms with Crippen molar-refractivity contribution >= 4 is 11.9 Å². The fourth-order valence-corrected chi connectivity index (χ4v) is 2.43. The first-order valence-corrected chi connectivity index (χ1v) is 7.30. The summed E-state index contributed by atoms with van der Waals surface area (Å²) in [6, 6.07) is 0. The number of carboxylic acids is 1. The first-order valence-electron chi connectivity index (χ1n) is 7.30. The first kappa shape index (κ1) is 17.2. The van der Waals surface area contributed by atoms with Crippen LogP contribution < -0.4 is 5.32 Å². The molecule has 6 nitrogen and oxygen atoms in total. The van der Waals surface area contributed by atoms with Crippen LogP contribution in [0.2, 0.25) is 0 Å². The minimum absolute atomic E-state index is 0.0573. The summed E-state index contributed by atoms with van der Waals surface area (Å²) < 4.78 is 5.04. The molecular formula is C15H24N2O4. The summed E-state index contributed by atoms with van der Waals surface area (Å²) in [4.78, 5) is 23.1. The van der Waals surface area contributed by atoms with Crippen LogP contribution >= 0.6 is 0 Å². The maximum Gasteiger partial charge on any atom is 0.303 e. The third-order valence-corrected chi connectivity index (χ3v) is 3.31. The molecule has 2 N–H and O–H groups in total. The lowest BCUT2D eigenvalue weighted by Gasteiger charge is -2.17. The number of carboxylic acid groups (broad SMARTS) is 1. The number of hydrogen-bond acceptors (Lipinski definition) is 4. The van der Waals surface area contributed by atoms with Gasteiger partial charge in [-0.1, -0.05) is 25.9 Å². The minimum atomic E-state index is -0.842. The summed E-state index contributed by atoms with van der Waals surface area (Å²) in [6.07, 6.45) is 1.43. The Bertz CT molecular complexity index is 494. The number of carbonyl (C=O) groups excluding carboxylic acids is 1. The molecule has 1 heterocycles. The average Bonchev–Trinajstić information content (AvgIpc) is 2.75. The zero-order chi connectivity index (χ0) is 16.0. The number of nitrogens with zero attached hydrogens (tertiary/aromatic N) is 1. The van der Waals surface area contributed by atoms with Crippen molar-refractivity contribution < 1.29 is 19.2 Å². The number of aromatic nitrogens is 1. The van der Waals surface area contributed by atoms with Crippen LogP contribution in [0.1, 0.15) is 55.4 Å². The van der Waals surface area contributed by atoms with E-state index in [1.165, 1.54) is 0 Å². The van der Waals surface area contributed by atoms with E-state index in [4.69, 9.17) is 9.63 Å². The smallest absolute Gasteiger partial charge is 0.303 e. The van der Waals surface area contributed by atoms with Crippen molar-refractivity contribution in [1.29, 1.82) is 0 Å². The van der Waals surface area contributed by atoms with Crippen molar-refractivity contribution in [3.63, 3.8) is 0 Å². The van der Waals surface area contributed by atoms with Crippen LogP contribution in [0, 0.1) is 18.8 Å². The monoisotopic (exact) mass is 296 g/mol. The Balaban J connectivity index is 2.68. The molecule has 1 aromatic heterocycles. The van der Waals surface area contributed by atoms with E-state index in [0.717, 1.165) is 6.42 Å². The van der Waals surface area contributed by atoms with Gasteiger partial charge in [0.15, 0.2) is 0 Å². The second-order valence-electron chi connectivity index (χ2n) is 5.72. The van der Waals surface area contributed by atoms with Gasteiger partial charge in [-0.15, -0.1) is 0 Å². The average molecular weight is 296 g/mol. The molecule has 0 aliphatic rings. The van der Waals surface area contributed by atoms with Crippen molar-refractivity contribution in [2.24, 2.45) is 11.8 Å². The summed E-state index contributed by atoms with van der Waals surface area (Å²) in [5.74, 6) is -0.287. The topological polar surface area (TPSA) is 92.4 Å². The van der Waals surface area contributed by atoms with Crippen molar-refractivity contribution in [2.75, 3.05) is 6.54 Å². The molecule has 0 bridgehead atoms. The van der Waals surface area contributed by atoms with Gasteiger partial charge in [0.2, 0.25) is 0 Å². The molecular weight excluding hydrogens is 272 g/mol. The number of rotatable bonds is 8. The molecule has 118 valence electrons. The van der Waals surface area contributed by atoms with Gasteiger partial charge in [-0.25, -0.2) is 0 Å². The molecule has 6 heteroatoms. The molecule has 0 spiro atoms. The van der Waals surface area contributed by atoms with Gasteiger partial charge in [0.1, 0.15) is 11.3 Å². The number of nitrogens with one attached hydrogen (secondary N) is 1. The SMILES string of the molecule is CCc1noc(C)c1C(=O)NC[C@H](CC(=O)O)CC(C)C. The quantitative estimate of drug-likeness (QED) is 0.768. The Morgan fingerprint density at radius 2 is 2.05 bits per heavy atom. The maximum absolute atomic E-state index is 12.2. The highest BCUT2D eigenvalue weighted by Gasteiger charge is 2.21. The highest BCUT2D eigenvalue weighted by atomic mass is 16.5. The van der Waals surface area contributed by atoms with Crippen LogP contribution in [0.25, 0.3) is 0 Å². The summed E-state index contributed by atoms with van der Waals surface area (Å²) >= 11 is 0. The molecule has 1 amide bonds. The summed E-state index contributed by atoms with van der Waals surface area (Å²) in [5.41, 5.74) is 1.10. The third-order valence-electron chi connectivity index (χ3n) is 3.31. The van der Waals surface area contributed by atoms with Crippen LogP contribution in [-0.4, -0.2) is 28.7 Å². The van der Waals surface area contributed by atoms with Gasteiger partial charge < -0.3 is 14.9 Å². The van der Waals surface area contributed by atoms with E-state index >= 15 is 0 Å². The molecule has 0 aliphatic carbocycles. The Morgan fingerprint density at radius 3 is 2.57 bits per heavy atom. The minimum Gasteiger partial charge on any atom is -0.481 e. The lowest BCUT2D eigenvalue weighted by Crippen LogP contribution is -2.31. The van der Waals surface area contributed by atoms with E-state index in [2.05, 4.69) is 10.5 Å². The fraction of sp³-hybridized carbons (Fsp3) is 0.667. The number of amides is 1. The van der Waals surface area contributed by atoms with E-state index in [-0.39, 0.29) is 18.2 Å². The van der Waals surface area contributed by atoms with Crippen molar-refractivity contribution in [3.8, 4) is 0 Å². The van der Waals surface area contributed by atoms with Crippen LogP contribution in [-0.2, 0) is 11.2 Å². The number of carbonyl (C=O) groups is 2. The molecule has 0 unspecified atom stereocenters. The van der Waals surface area contributed by atoms with E-state index in [0.29, 0.717) is 35.9 Å². The van der Waals surface area contributed by atoms with Gasteiger partial charge in [-0.2, -0.15) is 0 Å². The van der Waals surface area contributed by atoms with E-state index in [1.54, 1.807) is 6.92 Å². The number of hydrogen-bond donors (Lipinski definition) is 2. The largest absolute Gasteiger partial charge is 0.481 e. The van der Waals surface area contributed by atoms with Crippen molar-refractivity contribution in [2.45, 2.75) is 47.0 Å². The fourth-order valence-electron chi connectivity index (χ4n) is 2.43. The summed E-state index contributed by atoms with van der Waals surface area (Å²) in [5, 5.41) is 15.6. The maximum atomic E-state index is 12.2. The normalized spacial score (nSPS) is 12.4. The lowest BCUT2D eigenvalue weighted by molar-refractivity contribution is -0.138. The zero-order valence-electron chi connectivity index (χ0n) is 13.1. The lowest BCUT2D eigenvalue weighted by atomic mass is 9.94. The zero-order valence-corrected chi connectivity index (χ0v) is 13.1. The number of aryl methyl sites for hydroxylation is 2. The highest BCUT2D eigenvalue weighted by Crippen LogP contribution is 2.17. The van der Waals surface area contributed by atoms with Gasteiger partial charge in [0.25, 0.3) is 5.91 Å². The third kappa shape index (κ3) is 5.21. The summed E-state index contributed by atoms with van der Waals surface area (Å²) in [7, 11) is 0. The van der Waals surface area contributed by atoms with Crippen LogP contribution in [0.4, 0.5) is 0 Å². The Morgan fingerprint density at radius 1 is 1.38 bits per heavy atom. The Kier molecular flexibility index (Phi) is 6.39. The Labute approximate surface area is 124 Å². The molecule has 0 saturated heterocycles. The van der Waals surface area contributed by atoms with Gasteiger partial charge >= 0.3 is 5.97 Å². The predicted octanol–water partition coefficient (Wildman–Crippen LogP) is 2.41. The second kappa shape index (κ2) is 7.81. The molecule has 0 fully saturated rings. The molecule has 21 heavy (non-hydrogen) atoms. The van der Waals surface area contributed by atoms with Crippen molar-refractivity contribution in [1.82, 2.24) is 10.5 Å². The van der Waals surface area contributed by atoms with Gasteiger partial charge in [0, 0.05) is 13.0 Å². The van der Waals surface area contributed by atoms with Crippen LogP contribution in [0.15, 0.2) is 4.52 Å². The van der Waals surface area contributed by atoms with E-state index < -0.39 is 5.97 Å². The van der Waals surface area contributed by atoms with Gasteiger partial charge in [0.05, 0.1) is 5.69 Å². The molecule has 0 aromatic carbocycles. The molecule has 0 saturated carbocycles. The number of aliphatic carboxylic acids is 1. The molecule has 1 atom stereocenters. The highest BCUT2D eigenvalue weighted by molar-refractivity contribution is 5.96. The molecule has 1 rings (SSSR count). The van der Waals surface area contributed by atoms with E-state index in [9.17, 15) is 9.59 Å². The van der Waals surface area contributed by atoms with Crippen molar-refractivity contribution in [3.05, 3.63) is 17.0 Å². The van der Waals surface area contributed by atoms with Crippen LogP contribution in [0.5, 0.6) is 0 Å². The molecule has 1 aromatic rings. The second-order valence-corrected chi connectivity index (χ2v) is 5.72. The first-order chi connectivity index (χ1) is 9.85. The van der Waals surface area contributed by atoms with Gasteiger partial charge in [-0.05, 0) is 31.6 Å². The molecule has 0 radical (unpaired) electrons. The van der Waals surface area contributed by atoms with Gasteiger partial charge in [-0.3, -0.25) is 9.59 Å². The van der Waals surface area contributed by atoms with E-state index in [1.807, 2.05) is 20.8 Å². The Hall–Kier alpha value is -1.85.